The number of rotatable bonds is 6. The molecule has 0 aliphatic carbocycles. The summed E-state index contributed by atoms with van der Waals surface area (Å²) in [6, 6.07) is 16.0. The number of aromatic nitrogens is 1. The molecule has 1 atom stereocenters. The lowest BCUT2D eigenvalue weighted by atomic mass is 9.96. The molecule has 0 spiro atoms. The average Bonchev–Trinajstić information content (AvgIpc) is 3.41. The third-order valence-corrected chi connectivity index (χ3v) is 7.80. The number of benzene rings is 2. The summed E-state index contributed by atoms with van der Waals surface area (Å²) in [6.07, 6.45) is 0. The van der Waals surface area contributed by atoms with E-state index in [2.05, 4.69) is 9.88 Å². The van der Waals surface area contributed by atoms with E-state index in [1.165, 1.54) is 11.3 Å². The number of morpholine rings is 1. The normalized spacial score (nSPS) is 20.3. The van der Waals surface area contributed by atoms with E-state index in [1.54, 1.807) is 29.2 Å². The van der Waals surface area contributed by atoms with Gasteiger partial charge in [0.05, 0.1) is 24.8 Å². The van der Waals surface area contributed by atoms with Gasteiger partial charge >= 0.3 is 0 Å². The summed E-state index contributed by atoms with van der Waals surface area (Å²) in [5.41, 5.74) is 2.00. The molecule has 36 heavy (non-hydrogen) atoms. The van der Waals surface area contributed by atoms with Gasteiger partial charge in [-0.15, -0.1) is 11.3 Å². The quantitative estimate of drug-likeness (QED) is 0.290. The highest BCUT2D eigenvalue weighted by Crippen LogP contribution is 2.41. The average molecular weight is 524 g/mol. The van der Waals surface area contributed by atoms with Gasteiger partial charge in [0.1, 0.15) is 10.7 Å². The standard InChI is InChI=1S/C27H26ClN3O4S/c1-17-22(29-26(36-17)19-5-3-2-4-6-19)24(32)21-23(18-7-9-20(28)10-8-18)31(27(34)25(21)33)12-11-30-13-15-35-16-14-30/h2-10,23,32H,11-16H2,1H3/t23-/m1/s1. The number of aliphatic hydroxyl groups excluding tert-OH is 1. The van der Waals surface area contributed by atoms with Crippen LogP contribution in [0.25, 0.3) is 16.3 Å². The van der Waals surface area contributed by atoms with Crippen LogP contribution in [0, 0.1) is 6.92 Å². The summed E-state index contributed by atoms with van der Waals surface area (Å²) in [7, 11) is 0. The molecule has 2 saturated heterocycles. The minimum absolute atomic E-state index is 0.0531. The molecule has 3 aromatic rings. The summed E-state index contributed by atoms with van der Waals surface area (Å²) in [5, 5.41) is 12.7. The molecule has 1 amide bonds. The third-order valence-electron chi connectivity index (χ3n) is 6.53. The fraction of sp³-hybridized carbons (Fsp3) is 0.296. The van der Waals surface area contributed by atoms with E-state index in [0.29, 0.717) is 42.6 Å². The van der Waals surface area contributed by atoms with E-state index >= 15 is 0 Å². The summed E-state index contributed by atoms with van der Waals surface area (Å²) < 4.78 is 5.42. The van der Waals surface area contributed by atoms with Crippen LogP contribution < -0.4 is 0 Å². The summed E-state index contributed by atoms with van der Waals surface area (Å²) in [6.45, 7) is 5.64. The number of carbonyl (C=O) groups is 2. The fourth-order valence-electron chi connectivity index (χ4n) is 4.62. The second-order valence-electron chi connectivity index (χ2n) is 8.79. The van der Waals surface area contributed by atoms with Gasteiger partial charge in [-0.1, -0.05) is 54.1 Å². The summed E-state index contributed by atoms with van der Waals surface area (Å²) in [4.78, 5) is 35.7. The van der Waals surface area contributed by atoms with Crippen molar-refractivity contribution in [3.8, 4) is 10.6 Å². The van der Waals surface area contributed by atoms with E-state index < -0.39 is 17.7 Å². The van der Waals surface area contributed by atoms with Crippen molar-refractivity contribution in [1.82, 2.24) is 14.8 Å². The molecule has 1 aromatic heterocycles. The van der Waals surface area contributed by atoms with Crippen LogP contribution in [0.15, 0.2) is 60.2 Å². The van der Waals surface area contributed by atoms with E-state index in [-0.39, 0.29) is 11.3 Å². The van der Waals surface area contributed by atoms with Gasteiger partial charge in [-0.2, -0.15) is 0 Å². The van der Waals surface area contributed by atoms with Crippen molar-refractivity contribution in [2.75, 3.05) is 39.4 Å². The number of carbonyl (C=O) groups excluding carboxylic acids is 2. The Bertz CT molecular complexity index is 1300. The van der Waals surface area contributed by atoms with Gasteiger partial charge in [0, 0.05) is 41.6 Å². The first-order valence-corrected chi connectivity index (χ1v) is 13.0. The Hall–Kier alpha value is -3.04. The predicted octanol–water partition coefficient (Wildman–Crippen LogP) is 4.53. The first kappa shape index (κ1) is 24.6. The van der Waals surface area contributed by atoms with Crippen molar-refractivity contribution in [1.29, 1.82) is 0 Å². The minimum atomic E-state index is -0.732. The summed E-state index contributed by atoms with van der Waals surface area (Å²) in [5.74, 6) is -1.58. The number of hydrogen-bond acceptors (Lipinski definition) is 7. The van der Waals surface area contributed by atoms with E-state index in [0.717, 1.165) is 28.5 Å². The van der Waals surface area contributed by atoms with Gasteiger partial charge < -0.3 is 14.7 Å². The molecule has 9 heteroatoms. The maximum absolute atomic E-state index is 13.3. The summed E-state index contributed by atoms with van der Waals surface area (Å²) >= 11 is 7.55. The van der Waals surface area contributed by atoms with Gasteiger partial charge in [0.15, 0.2) is 5.76 Å². The predicted molar refractivity (Wildman–Crippen MR) is 140 cm³/mol. The fourth-order valence-corrected chi connectivity index (χ4v) is 5.67. The van der Waals surface area contributed by atoms with E-state index in [4.69, 9.17) is 16.3 Å². The largest absolute Gasteiger partial charge is 0.505 e. The number of nitrogens with zero attached hydrogens (tertiary/aromatic N) is 3. The van der Waals surface area contributed by atoms with Crippen LogP contribution in [0.4, 0.5) is 0 Å². The molecule has 1 N–H and O–H groups in total. The molecule has 2 aliphatic rings. The number of aliphatic hydroxyl groups is 1. The maximum Gasteiger partial charge on any atom is 0.295 e. The van der Waals surface area contributed by atoms with E-state index in [1.807, 2.05) is 37.3 Å². The first-order valence-electron chi connectivity index (χ1n) is 11.8. The van der Waals surface area contributed by atoms with Crippen molar-refractivity contribution < 1.29 is 19.4 Å². The molecule has 0 unspecified atom stereocenters. The first-order chi connectivity index (χ1) is 17.4. The van der Waals surface area contributed by atoms with Crippen LogP contribution >= 0.6 is 22.9 Å². The zero-order chi connectivity index (χ0) is 25.2. The number of amides is 1. The second kappa shape index (κ2) is 10.5. The highest BCUT2D eigenvalue weighted by molar-refractivity contribution is 7.15. The van der Waals surface area contributed by atoms with Crippen LogP contribution in [-0.4, -0.2) is 71.0 Å². The Labute approximate surface area is 218 Å². The van der Waals surface area contributed by atoms with E-state index in [9.17, 15) is 14.7 Å². The van der Waals surface area contributed by atoms with Crippen LogP contribution in [0.1, 0.15) is 22.2 Å². The smallest absolute Gasteiger partial charge is 0.295 e. The Morgan fingerprint density at radius 1 is 1.08 bits per heavy atom. The van der Waals surface area contributed by atoms with Crippen molar-refractivity contribution in [2.24, 2.45) is 0 Å². The molecular weight excluding hydrogens is 498 g/mol. The molecule has 186 valence electrons. The molecule has 2 aliphatic heterocycles. The zero-order valence-corrected chi connectivity index (χ0v) is 21.4. The SMILES string of the molecule is Cc1sc(-c2ccccc2)nc1C(O)=C1C(=O)C(=O)N(CCN2CCOCC2)[C@@H]1c1ccc(Cl)cc1. The van der Waals surface area contributed by atoms with Gasteiger partial charge in [0.25, 0.3) is 11.7 Å². The number of Topliss-reactive ketones (excluding diaryl/α,β-unsaturated/α-hetero) is 1. The molecule has 5 rings (SSSR count). The number of hydrogen-bond donors (Lipinski definition) is 1. The highest BCUT2D eigenvalue weighted by atomic mass is 35.5. The van der Waals surface area contributed by atoms with Gasteiger partial charge in [-0.3, -0.25) is 14.5 Å². The number of thiazole rings is 1. The number of ether oxygens (including phenoxy) is 1. The van der Waals surface area contributed by atoms with Crippen LogP contribution in [0.3, 0.4) is 0 Å². The molecule has 7 nitrogen and oxygen atoms in total. The molecule has 3 heterocycles. The van der Waals surface area contributed by atoms with Crippen molar-refractivity contribution >= 4 is 40.4 Å². The molecule has 0 bridgehead atoms. The Kier molecular flexibility index (Phi) is 7.20. The van der Waals surface area contributed by atoms with Gasteiger partial charge in [-0.05, 0) is 24.6 Å². The Morgan fingerprint density at radius 3 is 2.47 bits per heavy atom. The van der Waals surface area contributed by atoms with Crippen LogP contribution in [0.2, 0.25) is 5.02 Å². The van der Waals surface area contributed by atoms with Crippen molar-refractivity contribution in [3.63, 3.8) is 0 Å². The number of aryl methyl sites for hydroxylation is 1. The highest BCUT2D eigenvalue weighted by Gasteiger charge is 2.46. The minimum Gasteiger partial charge on any atom is -0.505 e. The van der Waals surface area contributed by atoms with Crippen LogP contribution in [-0.2, 0) is 14.3 Å². The molecule has 0 saturated carbocycles. The topological polar surface area (TPSA) is 83.0 Å². The number of likely N-dealkylation sites (tertiary alicyclic amines) is 1. The lowest BCUT2D eigenvalue weighted by Gasteiger charge is -2.31. The van der Waals surface area contributed by atoms with Crippen LogP contribution in [0.5, 0.6) is 0 Å². The lowest BCUT2D eigenvalue weighted by molar-refractivity contribution is -0.140. The molecular formula is C27H26ClN3O4S. The monoisotopic (exact) mass is 523 g/mol. The Morgan fingerprint density at radius 2 is 1.78 bits per heavy atom. The Balaban J connectivity index is 1.55. The molecule has 2 aromatic carbocycles. The molecule has 0 radical (unpaired) electrons. The second-order valence-corrected chi connectivity index (χ2v) is 10.4. The third kappa shape index (κ3) is 4.82. The number of halogens is 1. The van der Waals surface area contributed by atoms with Gasteiger partial charge in [-0.25, -0.2) is 4.98 Å². The molecule has 2 fully saturated rings. The van der Waals surface area contributed by atoms with Gasteiger partial charge in [0.2, 0.25) is 0 Å². The maximum atomic E-state index is 13.3. The van der Waals surface area contributed by atoms with Crippen molar-refractivity contribution in [2.45, 2.75) is 13.0 Å². The zero-order valence-electron chi connectivity index (χ0n) is 19.8. The number of ketones is 1. The lowest BCUT2D eigenvalue weighted by Crippen LogP contribution is -2.42. The van der Waals surface area contributed by atoms with Crippen molar-refractivity contribution in [3.05, 3.63) is 81.3 Å².